The number of nitrogens with one attached hydrogen (secondary N) is 1. The number of rotatable bonds is 3. The predicted molar refractivity (Wildman–Crippen MR) is 90.4 cm³/mol. The summed E-state index contributed by atoms with van der Waals surface area (Å²) in [6.07, 6.45) is 10.7. The molecule has 1 unspecified atom stereocenters. The van der Waals surface area contributed by atoms with Crippen LogP contribution in [-0.2, 0) is 4.79 Å². The first-order valence-electron chi connectivity index (χ1n) is 9.02. The van der Waals surface area contributed by atoms with Gasteiger partial charge in [0.25, 0.3) is 5.91 Å². The van der Waals surface area contributed by atoms with E-state index in [1.807, 2.05) is 6.92 Å². The van der Waals surface area contributed by atoms with Crippen molar-refractivity contribution in [1.82, 2.24) is 20.2 Å². The highest BCUT2D eigenvalue weighted by Gasteiger charge is 2.30. The third-order valence-corrected chi connectivity index (χ3v) is 5.03. The number of likely N-dealkylation sites (tertiary alicyclic amines) is 1. The summed E-state index contributed by atoms with van der Waals surface area (Å²) in [5.41, 5.74) is 1.14. The SMILES string of the molecule is Cc1cnc(C(=O)N2CCCC(C(=O)NC3CCCCC3)C2)cn1. The molecule has 0 bridgehead atoms. The summed E-state index contributed by atoms with van der Waals surface area (Å²) >= 11 is 0. The van der Waals surface area contributed by atoms with Crippen molar-refractivity contribution < 1.29 is 9.59 Å². The topological polar surface area (TPSA) is 75.2 Å². The van der Waals surface area contributed by atoms with Crippen molar-refractivity contribution in [3.8, 4) is 0 Å². The van der Waals surface area contributed by atoms with E-state index in [1.165, 1.54) is 25.5 Å². The van der Waals surface area contributed by atoms with Crippen LogP contribution in [0.4, 0.5) is 0 Å². The van der Waals surface area contributed by atoms with Crippen LogP contribution in [0.2, 0.25) is 0 Å². The molecule has 2 fully saturated rings. The van der Waals surface area contributed by atoms with Crippen molar-refractivity contribution in [1.29, 1.82) is 0 Å². The minimum absolute atomic E-state index is 0.106. The minimum atomic E-state index is -0.127. The molecule has 6 heteroatoms. The van der Waals surface area contributed by atoms with Crippen LogP contribution >= 0.6 is 0 Å². The molecule has 2 aliphatic rings. The molecular weight excluding hydrogens is 304 g/mol. The van der Waals surface area contributed by atoms with Crippen LogP contribution in [0.25, 0.3) is 0 Å². The molecule has 1 aromatic heterocycles. The maximum Gasteiger partial charge on any atom is 0.274 e. The Hall–Kier alpha value is -1.98. The molecule has 3 rings (SSSR count). The summed E-state index contributed by atoms with van der Waals surface area (Å²) in [4.78, 5) is 35.1. The van der Waals surface area contributed by atoms with Gasteiger partial charge in [-0.15, -0.1) is 0 Å². The molecule has 6 nitrogen and oxygen atoms in total. The van der Waals surface area contributed by atoms with Crippen molar-refractivity contribution in [2.75, 3.05) is 13.1 Å². The van der Waals surface area contributed by atoms with E-state index in [4.69, 9.17) is 0 Å². The van der Waals surface area contributed by atoms with Crippen molar-refractivity contribution in [2.45, 2.75) is 57.9 Å². The fourth-order valence-electron chi connectivity index (χ4n) is 3.61. The number of carbonyl (C=O) groups excluding carboxylic acids is 2. The van der Waals surface area contributed by atoms with Crippen LogP contribution in [-0.4, -0.2) is 45.8 Å². The Bertz CT molecular complexity index is 581. The Morgan fingerprint density at radius 3 is 2.58 bits per heavy atom. The van der Waals surface area contributed by atoms with Crippen LogP contribution < -0.4 is 5.32 Å². The number of amides is 2. The summed E-state index contributed by atoms with van der Waals surface area (Å²) in [7, 11) is 0. The van der Waals surface area contributed by atoms with Gasteiger partial charge in [0, 0.05) is 25.3 Å². The van der Waals surface area contributed by atoms with E-state index in [0.29, 0.717) is 24.8 Å². The number of hydrogen-bond donors (Lipinski definition) is 1. The predicted octanol–water partition coefficient (Wildman–Crippen LogP) is 2.09. The number of hydrogen-bond acceptors (Lipinski definition) is 4. The molecule has 130 valence electrons. The molecule has 2 amide bonds. The Balaban J connectivity index is 1.58. The molecule has 0 spiro atoms. The summed E-state index contributed by atoms with van der Waals surface area (Å²) in [5, 5.41) is 3.19. The summed E-state index contributed by atoms with van der Waals surface area (Å²) in [6, 6.07) is 0.320. The largest absolute Gasteiger partial charge is 0.353 e. The molecule has 24 heavy (non-hydrogen) atoms. The summed E-state index contributed by atoms with van der Waals surface area (Å²) in [6.45, 7) is 3.00. The Labute approximate surface area is 143 Å². The van der Waals surface area contributed by atoms with Gasteiger partial charge in [0.05, 0.1) is 17.8 Å². The van der Waals surface area contributed by atoms with Gasteiger partial charge in [0.2, 0.25) is 5.91 Å². The van der Waals surface area contributed by atoms with E-state index >= 15 is 0 Å². The zero-order valence-corrected chi connectivity index (χ0v) is 14.3. The number of aromatic nitrogens is 2. The lowest BCUT2D eigenvalue weighted by Crippen LogP contribution is -2.48. The Morgan fingerprint density at radius 1 is 1.08 bits per heavy atom. The van der Waals surface area contributed by atoms with Crippen LogP contribution in [0.5, 0.6) is 0 Å². The standard InChI is InChI=1S/C18H26N4O2/c1-13-10-20-16(11-19-13)18(24)22-9-5-6-14(12-22)17(23)21-15-7-3-2-4-8-15/h10-11,14-15H,2-9,12H2,1H3,(H,21,23). The molecular formula is C18H26N4O2. The molecule has 1 saturated heterocycles. The van der Waals surface area contributed by atoms with Gasteiger partial charge in [-0.1, -0.05) is 19.3 Å². The first-order chi connectivity index (χ1) is 11.6. The number of piperidine rings is 1. The van der Waals surface area contributed by atoms with Gasteiger partial charge >= 0.3 is 0 Å². The highest BCUT2D eigenvalue weighted by Crippen LogP contribution is 2.21. The quantitative estimate of drug-likeness (QED) is 0.921. The fraction of sp³-hybridized carbons (Fsp3) is 0.667. The lowest BCUT2D eigenvalue weighted by Gasteiger charge is -2.33. The van der Waals surface area contributed by atoms with Crippen molar-refractivity contribution in [3.63, 3.8) is 0 Å². The number of carbonyl (C=O) groups is 2. The van der Waals surface area contributed by atoms with Gasteiger partial charge < -0.3 is 10.2 Å². The van der Waals surface area contributed by atoms with Gasteiger partial charge in [0.1, 0.15) is 5.69 Å². The minimum Gasteiger partial charge on any atom is -0.353 e. The Kier molecular flexibility index (Phi) is 5.43. The van der Waals surface area contributed by atoms with Gasteiger partial charge in [-0.25, -0.2) is 4.98 Å². The molecule has 1 saturated carbocycles. The van der Waals surface area contributed by atoms with Gasteiger partial charge in [-0.3, -0.25) is 14.6 Å². The maximum atomic E-state index is 12.6. The van der Waals surface area contributed by atoms with Crippen LogP contribution in [0.3, 0.4) is 0 Å². The zero-order chi connectivity index (χ0) is 16.9. The Morgan fingerprint density at radius 2 is 1.88 bits per heavy atom. The molecule has 1 atom stereocenters. The third-order valence-electron chi connectivity index (χ3n) is 5.03. The first kappa shape index (κ1) is 16.9. The molecule has 2 heterocycles. The normalized spacial score (nSPS) is 22.2. The van der Waals surface area contributed by atoms with Crippen molar-refractivity contribution >= 4 is 11.8 Å². The summed E-state index contributed by atoms with van der Waals surface area (Å²) < 4.78 is 0. The van der Waals surface area contributed by atoms with Gasteiger partial charge in [0.15, 0.2) is 0 Å². The second-order valence-corrected chi connectivity index (χ2v) is 6.98. The second kappa shape index (κ2) is 7.73. The maximum absolute atomic E-state index is 12.6. The molecule has 1 aliphatic heterocycles. The van der Waals surface area contributed by atoms with Gasteiger partial charge in [-0.05, 0) is 32.6 Å². The average Bonchev–Trinajstić information content (AvgIpc) is 2.63. The van der Waals surface area contributed by atoms with Crippen LogP contribution in [0.1, 0.15) is 61.1 Å². The molecule has 1 aromatic rings. The highest BCUT2D eigenvalue weighted by atomic mass is 16.2. The first-order valence-corrected chi connectivity index (χ1v) is 9.02. The third kappa shape index (κ3) is 4.10. The second-order valence-electron chi connectivity index (χ2n) is 6.98. The van der Waals surface area contributed by atoms with E-state index in [2.05, 4.69) is 15.3 Å². The lowest BCUT2D eigenvalue weighted by molar-refractivity contribution is -0.127. The van der Waals surface area contributed by atoms with Crippen molar-refractivity contribution in [2.24, 2.45) is 5.92 Å². The van der Waals surface area contributed by atoms with Crippen LogP contribution in [0.15, 0.2) is 12.4 Å². The van der Waals surface area contributed by atoms with E-state index < -0.39 is 0 Å². The van der Waals surface area contributed by atoms with E-state index in [0.717, 1.165) is 31.4 Å². The number of nitrogens with zero attached hydrogens (tertiary/aromatic N) is 3. The zero-order valence-electron chi connectivity index (χ0n) is 14.3. The summed E-state index contributed by atoms with van der Waals surface area (Å²) in [5.74, 6) is -0.130. The van der Waals surface area contributed by atoms with E-state index in [9.17, 15) is 9.59 Å². The van der Waals surface area contributed by atoms with E-state index in [-0.39, 0.29) is 17.7 Å². The molecule has 1 aliphatic carbocycles. The van der Waals surface area contributed by atoms with Crippen LogP contribution in [0, 0.1) is 12.8 Å². The van der Waals surface area contributed by atoms with Crippen molar-refractivity contribution in [3.05, 3.63) is 23.8 Å². The van der Waals surface area contributed by atoms with E-state index in [1.54, 1.807) is 11.1 Å². The fourth-order valence-corrected chi connectivity index (χ4v) is 3.61. The molecule has 1 N–H and O–H groups in total. The average molecular weight is 330 g/mol. The molecule has 0 radical (unpaired) electrons. The smallest absolute Gasteiger partial charge is 0.274 e. The highest BCUT2D eigenvalue weighted by molar-refractivity contribution is 5.92. The lowest BCUT2D eigenvalue weighted by atomic mass is 9.93. The monoisotopic (exact) mass is 330 g/mol. The van der Waals surface area contributed by atoms with Gasteiger partial charge in [-0.2, -0.15) is 0 Å². The molecule has 0 aromatic carbocycles. The number of aryl methyl sites for hydroxylation is 1.